The van der Waals surface area contributed by atoms with Gasteiger partial charge in [0.1, 0.15) is 0 Å². The molecule has 0 N–H and O–H groups in total. The summed E-state index contributed by atoms with van der Waals surface area (Å²) in [5.41, 5.74) is 5.90. The van der Waals surface area contributed by atoms with Crippen LogP contribution in [0, 0.1) is 0 Å². The van der Waals surface area contributed by atoms with Crippen molar-refractivity contribution in [1.29, 1.82) is 0 Å². The van der Waals surface area contributed by atoms with Gasteiger partial charge >= 0.3 is 0 Å². The highest BCUT2D eigenvalue weighted by Gasteiger charge is 2.14. The summed E-state index contributed by atoms with van der Waals surface area (Å²) in [4.78, 5) is 2.30. The summed E-state index contributed by atoms with van der Waals surface area (Å²) >= 11 is 0. The molecule has 0 bridgehead atoms. The molecule has 1 nitrogen and oxygen atoms in total. The highest BCUT2D eigenvalue weighted by Crippen LogP contribution is 2.40. The number of para-hydroxylation sites is 2. The fourth-order valence-corrected chi connectivity index (χ4v) is 5.51. The van der Waals surface area contributed by atoms with Crippen LogP contribution >= 0.6 is 0 Å². The Morgan fingerprint density at radius 3 is 1.54 bits per heavy atom. The van der Waals surface area contributed by atoms with Gasteiger partial charge in [0, 0.05) is 17.1 Å². The molecule has 0 atom stereocenters. The van der Waals surface area contributed by atoms with Crippen LogP contribution in [-0.2, 0) is 0 Å². The fraction of sp³-hybridized carbons (Fsp3) is 0. The topological polar surface area (TPSA) is 3.24 Å². The SMILES string of the molecule is c1ccc(N(c2ccccc2)c2ccc(-c3cc4ccc5ccccc5c4c4ccccc34)cc2)cc1. The van der Waals surface area contributed by atoms with Crippen molar-refractivity contribution in [2.75, 3.05) is 4.90 Å². The average molecular weight is 472 g/mol. The number of benzene rings is 7. The first kappa shape index (κ1) is 21.4. The van der Waals surface area contributed by atoms with Gasteiger partial charge in [-0.1, -0.05) is 109 Å². The minimum Gasteiger partial charge on any atom is -0.311 e. The summed E-state index contributed by atoms with van der Waals surface area (Å²) in [7, 11) is 0. The van der Waals surface area contributed by atoms with Crippen LogP contribution in [0.4, 0.5) is 17.1 Å². The molecule has 7 aromatic rings. The zero-order valence-corrected chi connectivity index (χ0v) is 20.4. The maximum absolute atomic E-state index is 2.35. The van der Waals surface area contributed by atoms with E-state index in [2.05, 4.69) is 157 Å². The highest BCUT2D eigenvalue weighted by atomic mass is 15.1. The largest absolute Gasteiger partial charge is 0.311 e. The van der Waals surface area contributed by atoms with Crippen LogP contribution in [0.1, 0.15) is 0 Å². The van der Waals surface area contributed by atoms with Gasteiger partial charge in [0.05, 0.1) is 0 Å². The molecule has 0 aliphatic heterocycles. The lowest BCUT2D eigenvalue weighted by molar-refractivity contribution is 1.28. The summed E-state index contributed by atoms with van der Waals surface area (Å²) in [6, 6.07) is 54.4. The Hall–Kier alpha value is -4.88. The molecule has 7 aromatic carbocycles. The zero-order chi connectivity index (χ0) is 24.6. The number of hydrogen-bond donors (Lipinski definition) is 0. The van der Waals surface area contributed by atoms with Crippen molar-refractivity contribution in [2.45, 2.75) is 0 Å². The zero-order valence-electron chi connectivity index (χ0n) is 20.4. The van der Waals surface area contributed by atoms with E-state index in [1.165, 1.54) is 43.4 Å². The van der Waals surface area contributed by atoms with Crippen LogP contribution in [0.5, 0.6) is 0 Å². The van der Waals surface area contributed by atoms with E-state index >= 15 is 0 Å². The van der Waals surface area contributed by atoms with Gasteiger partial charge in [-0.25, -0.2) is 0 Å². The summed E-state index contributed by atoms with van der Waals surface area (Å²) in [5, 5.41) is 7.76. The lowest BCUT2D eigenvalue weighted by Gasteiger charge is -2.25. The van der Waals surface area contributed by atoms with Gasteiger partial charge in [-0.3, -0.25) is 0 Å². The Bertz CT molecular complexity index is 1810. The van der Waals surface area contributed by atoms with E-state index < -0.39 is 0 Å². The molecule has 0 fully saturated rings. The van der Waals surface area contributed by atoms with Crippen molar-refractivity contribution in [2.24, 2.45) is 0 Å². The van der Waals surface area contributed by atoms with E-state index in [1.54, 1.807) is 0 Å². The average Bonchev–Trinajstić information content (AvgIpc) is 2.98. The maximum atomic E-state index is 2.35. The Balaban J connectivity index is 1.39. The first-order chi connectivity index (χ1) is 18.4. The molecule has 0 heterocycles. The molecule has 0 radical (unpaired) electrons. The van der Waals surface area contributed by atoms with Crippen molar-refractivity contribution < 1.29 is 0 Å². The van der Waals surface area contributed by atoms with Gasteiger partial charge in [-0.05, 0) is 85.9 Å². The van der Waals surface area contributed by atoms with E-state index in [0.29, 0.717) is 0 Å². The summed E-state index contributed by atoms with van der Waals surface area (Å²) < 4.78 is 0. The minimum absolute atomic E-state index is 1.14. The summed E-state index contributed by atoms with van der Waals surface area (Å²) in [5.74, 6) is 0. The summed E-state index contributed by atoms with van der Waals surface area (Å²) in [6.07, 6.45) is 0. The van der Waals surface area contributed by atoms with Gasteiger partial charge in [0.2, 0.25) is 0 Å². The van der Waals surface area contributed by atoms with Crippen molar-refractivity contribution >= 4 is 49.4 Å². The fourth-order valence-electron chi connectivity index (χ4n) is 5.51. The van der Waals surface area contributed by atoms with E-state index in [4.69, 9.17) is 0 Å². The lowest BCUT2D eigenvalue weighted by Crippen LogP contribution is -2.09. The Kier molecular flexibility index (Phi) is 5.19. The highest BCUT2D eigenvalue weighted by molar-refractivity contribution is 6.23. The lowest BCUT2D eigenvalue weighted by atomic mass is 9.91. The molecule has 0 saturated heterocycles. The van der Waals surface area contributed by atoms with Crippen LogP contribution in [0.2, 0.25) is 0 Å². The maximum Gasteiger partial charge on any atom is 0.0462 e. The molecule has 1 heteroatoms. The molecule has 0 spiro atoms. The van der Waals surface area contributed by atoms with Gasteiger partial charge in [-0.2, -0.15) is 0 Å². The molecule has 37 heavy (non-hydrogen) atoms. The van der Waals surface area contributed by atoms with Gasteiger partial charge in [-0.15, -0.1) is 0 Å². The van der Waals surface area contributed by atoms with E-state index in [0.717, 1.165) is 17.1 Å². The van der Waals surface area contributed by atoms with Crippen molar-refractivity contribution in [1.82, 2.24) is 0 Å². The van der Waals surface area contributed by atoms with Crippen LogP contribution in [0.25, 0.3) is 43.4 Å². The normalized spacial score (nSPS) is 11.2. The monoisotopic (exact) mass is 471 g/mol. The second-order valence-corrected chi connectivity index (χ2v) is 9.41. The van der Waals surface area contributed by atoms with Crippen LogP contribution in [-0.4, -0.2) is 0 Å². The predicted octanol–water partition coefficient (Wildman–Crippen LogP) is 10.3. The third-order valence-electron chi connectivity index (χ3n) is 7.21. The summed E-state index contributed by atoms with van der Waals surface area (Å²) in [6.45, 7) is 0. The third kappa shape index (κ3) is 3.73. The molecule has 174 valence electrons. The Labute approximate surface area is 216 Å². The Morgan fingerprint density at radius 1 is 0.351 bits per heavy atom. The van der Waals surface area contributed by atoms with Crippen molar-refractivity contribution in [3.05, 3.63) is 152 Å². The number of hydrogen-bond acceptors (Lipinski definition) is 1. The predicted molar refractivity (Wildman–Crippen MR) is 159 cm³/mol. The first-order valence-electron chi connectivity index (χ1n) is 12.7. The second kappa shape index (κ2) is 8.96. The smallest absolute Gasteiger partial charge is 0.0462 e. The van der Waals surface area contributed by atoms with Gasteiger partial charge in [0.15, 0.2) is 0 Å². The molecular formula is C36H25N. The van der Waals surface area contributed by atoms with Crippen molar-refractivity contribution in [3.8, 4) is 11.1 Å². The van der Waals surface area contributed by atoms with Gasteiger partial charge < -0.3 is 4.90 Å². The molecule has 7 rings (SSSR count). The van der Waals surface area contributed by atoms with Crippen molar-refractivity contribution in [3.63, 3.8) is 0 Å². The minimum atomic E-state index is 1.14. The molecule has 0 amide bonds. The standard InChI is InChI=1S/C36H25N/c1-3-12-29(13-4-1)37(30-14-5-2-6-15-30)31-23-21-27(22-24-31)35-25-28-20-19-26-11-7-8-16-32(26)36(28)34-18-10-9-17-33(34)35/h1-25H. The molecule has 0 aliphatic carbocycles. The van der Waals surface area contributed by atoms with Crippen LogP contribution in [0.3, 0.4) is 0 Å². The quantitative estimate of drug-likeness (QED) is 0.231. The van der Waals surface area contributed by atoms with Gasteiger partial charge in [0.25, 0.3) is 0 Å². The molecular weight excluding hydrogens is 446 g/mol. The third-order valence-corrected chi connectivity index (χ3v) is 7.21. The van der Waals surface area contributed by atoms with E-state index in [9.17, 15) is 0 Å². The van der Waals surface area contributed by atoms with Crippen LogP contribution < -0.4 is 4.90 Å². The first-order valence-corrected chi connectivity index (χ1v) is 12.7. The number of rotatable bonds is 4. The Morgan fingerprint density at radius 2 is 0.865 bits per heavy atom. The molecule has 0 aromatic heterocycles. The molecule has 0 aliphatic rings. The number of nitrogens with zero attached hydrogens (tertiary/aromatic N) is 1. The van der Waals surface area contributed by atoms with Crippen LogP contribution in [0.15, 0.2) is 152 Å². The number of fused-ring (bicyclic) bond motifs is 5. The second-order valence-electron chi connectivity index (χ2n) is 9.41. The molecule has 0 saturated carbocycles. The van der Waals surface area contributed by atoms with E-state index in [-0.39, 0.29) is 0 Å². The molecule has 0 unspecified atom stereocenters. The number of anilines is 3. The van der Waals surface area contributed by atoms with E-state index in [1.807, 2.05) is 0 Å².